The highest BCUT2D eigenvalue weighted by molar-refractivity contribution is 5.93. The van der Waals surface area contributed by atoms with Crippen LogP contribution in [0, 0.1) is 13.8 Å². The Morgan fingerprint density at radius 1 is 1.09 bits per heavy atom. The van der Waals surface area contributed by atoms with E-state index in [9.17, 15) is 9.59 Å². The summed E-state index contributed by atoms with van der Waals surface area (Å²) in [6.07, 6.45) is 1.24. The van der Waals surface area contributed by atoms with Crippen molar-refractivity contribution >= 4 is 22.5 Å². The Balaban J connectivity index is 1.90. The number of aryl methyl sites for hydroxylation is 2. The van der Waals surface area contributed by atoms with Crippen molar-refractivity contribution in [3.8, 4) is 0 Å². The van der Waals surface area contributed by atoms with Gasteiger partial charge in [-0.2, -0.15) is 5.10 Å². The van der Waals surface area contributed by atoms with E-state index in [4.69, 9.17) is 0 Å². The number of hydrogen-bond donors (Lipinski definition) is 1. The predicted octanol–water partition coefficient (Wildman–Crippen LogP) is 2.65. The van der Waals surface area contributed by atoms with Crippen LogP contribution in [0.3, 0.4) is 0 Å². The zero-order chi connectivity index (χ0) is 16.4. The maximum Gasteiger partial charge on any atom is 0.246 e. The van der Waals surface area contributed by atoms with E-state index >= 15 is 0 Å². The Bertz CT molecular complexity index is 924. The number of rotatable bonds is 3. The van der Waals surface area contributed by atoms with Gasteiger partial charge in [0.15, 0.2) is 0 Å². The number of nitrogens with zero attached hydrogens (tertiary/aromatic N) is 2. The average Bonchev–Trinajstić information content (AvgIpc) is 2.54. The third-order valence-corrected chi connectivity index (χ3v) is 3.80. The van der Waals surface area contributed by atoms with Crippen LogP contribution >= 0.6 is 0 Å². The molecule has 5 heteroatoms. The molecule has 5 nitrogen and oxygen atoms in total. The minimum atomic E-state index is -0.177. The van der Waals surface area contributed by atoms with E-state index in [2.05, 4.69) is 10.4 Å². The molecule has 0 radical (unpaired) electrons. The molecule has 23 heavy (non-hydrogen) atoms. The summed E-state index contributed by atoms with van der Waals surface area (Å²) in [4.78, 5) is 24.2. The first-order chi connectivity index (χ1) is 11.1. The van der Waals surface area contributed by atoms with Crippen molar-refractivity contribution in [3.63, 3.8) is 0 Å². The topological polar surface area (TPSA) is 64.0 Å². The molecule has 0 saturated heterocycles. The number of para-hydroxylation sites is 2. The van der Waals surface area contributed by atoms with Crippen LogP contribution in [0.15, 0.2) is 53.5 Å². The lowest BCUT2D eigenvalue weighted by Gasteiger charge is -2.13. The SMILES string of the molecule is Cc1cccc(C)c1NC(=O)Cn1ncc(=O)c2ccccc21. The standard InChI is InChI=1S/C18H17N3O2/c1-12-6-5-7-13(2)18(12)20-17(23)11-21-15-9-4-3-8-14(15)16(22)10-19-21/h3-10H,11H2,1-2H3,(H,20,23). The molecule has 1 aromatic heterocycles. The maximum atomic E-state index is 12.4. The summed E-state index contributed by atoms with van der Waals surface area (Å²) in [6.45, 7) is 3.96. The van der Waals surface area contributed by atoms with E-state index in [1.807, 2.05) is 38.1 Å². The monoisotopic (exact) mass is 307 g/mol. The van der Waals surface area contributed by atoms with E-state index in [0.29, 0.717) is 10.9 Å². The van der Waals surface area contributed by atoms with Crippen LogP contribution in [0.25, 0.3) is 10.9 Å². The second-order valence-corrected chi connectivity index (χ2v) is 5.50. The first-order valence-corrected chi connectivity index (χ1v) is 7.37. The Hall–Kier alpha value is -2.95. The lowest BCUT2D eigenvalue weighted by atomic mass is 10.1. The number of fused-ring (bicyclic) bond motifs is 1. The lowest BCUT2D eigenvalue weighted by Crippen LogP contribution is -2.23. The van der Waals surface area contributed by atoms with Gasteiger partial charge in [-0.3, -0.25) is 14.3 Å². The molecular weight excluding hydrogens is 290 g/mol. The first-order valence-electron chi connectivity index (χ1n) is 7.37. The molecule has 1 N–H and O–H groups in total. The Kier molecular flexibility index (Phi) is 3.93. The number of amides is 1. The fraction of sp³-hybridized carbons (Fsp3) is 0.167. The molecule has 0 aliphatic rings. The number of aromatic nitrogens is 2. The van der Waals surface area contributed by atoms with Crippen LogP contribution in [0.5, 0.6) is 0 Å². The van der Waals surface area contributed by atoms with E-state index < -0.39 is 0 Å². The van der Waals surface area contributed by atoms with Gasteiger partial charge in [-0.05, 0) is 37.1 Å². The fourth-order valence-electron chi connectivity index (χ4n) is 2.61. The van der Waals surface area contributed by atoms with Gasteiger partial charge in [0.1, 0.15) is 6.54 Å². The molecule has 0 bridgehead atoms. The molecular formula is C18H17N3O2. The second-order valence-electron chi connectivity index (χ2n) is 5.50. The smallest absolute Gasteiger partial charge is 0.246 e. The molecule has 1 heterocycles. The third kappa shape index (κ3) is 2.99. The van der Waals surface area contributed by atoms with Crippen LogP contribution in [-0.4, -0.2) is 15.7 Å². The van der Waals surface area contributed by atoms with Gasteiger partial charge in [0.2, 0.25) is 11.3 Å². The van der Waals surface area contributed by atoms with E-state index in [1.165, 1.54) is 6.20 Å². The molecule has 3 aromatic rings. The highest BCUT2D eigenvalue weighted by Gasteiger charge is 2.10. The minimum Gasteiger partial charge on any atom is -0.324 e. The van der Waals surface area contributed by atoms with Gasteiger partial charge in [-0.15, -0.1) is 0 Å². The third-order valence-electron chi connectivity index (χ3n) is 3.80. The Morgan fingerprint density at radius 2 is 1.78 bits per heavy atom. The maximum absolute atomic E-state index is 12.4. The molecule has 0 atom stereocenters. The van der Waals surface area contributed by atoms with Crippen molar-refractivity contribution in [1.82, 2.24) is 9.78 Å². The Labute approximate surface area is 133 Å². The zero-order valence-corrected chi connectivity index (χ0v) is 13.0. The fourth-order valence-corrected chi connectivity index (χ4v) is 2.61. The van der Waals surface area contributed by atoms with Crippen molar-refractivity contribution in [2.45, 2.75) is 20.4 Å². The molecule has 0 aliphatic heterocycles. The van der Waals surface area contributed by atoms with E-state index in [0.717, 1.165) is 16.8 Å². The Morgan fingerprint density at radius 3 is 2.52 bits per heavy atom. The van der Waals surface area contributed by atoms with Gasteiger partial charge >= 0.3 is 0 Å². The summed E-state index contributed by atoms with van der Waals surface area (Å²) in [5, 5.41) is 7.56. The number of benzene rings is 2. The highest BCUT2D eigenvalue weighted by Crippen LogP contribution is 2.19. The summed E-state index contributed by atoms with van der Waals surface area (Å²) in [5.74, 6) is -0.177. The van der Waals surface area contributed by atoms with Gasteiger partial charge in [-0.25, -0.2) is 0 Å². The van der Waals surface area contributed by atoms with Crippen molar-refractivity contribution in [3.05, 3.63) is 70.0 Å². The van der Waals surface area contributed by atoms with Gasteiger partial charge in [0, 0.05) is 11.1 Å². The molecule has 0 fully saturated rings. The van der Waals surface area contributed by atoms with Crippen molar-refractivity contribution < 1.29 is 4.79 Å². The highest BCUT2D eigenvalue weighted by atomic mass is 16.2. The summed E-state index contributed by atoms with van der Waals surface area (Å²) in [6, 6.07) is 13.0. The molecule has 0 spiro atoms. The van der Waals surface area contributed by atoms with Gasteiger partial charge in [0.05, 0.1) is 11.7 Å². The quantitative estimate of drug-likeness (QED) is 0.809. The zero-order valence-electron chi connectivity index (χ0n) is 13.0. The molecule has 0 aliphatic carbocycles. The molecule has 2 aromatic carbocycles. The number of carbonyl (C=O) groups is 1. The molecule has 0 unspecified atom stereocenters. The van der Waals surface area contributed by atoms with Crippen LogP contribution < -0.4 is 10.7 Å². The van der Waals surface area contributed by atoms with E-state index in [1.54, 1.807) is 22.9 Å². The molecule has 116 valence electrons. The number of anilines is 1. The van der Waals surface area contributed by atoms with Crippen LogP contribution in [-0.2, 0) is 11.3 Å². The summed E-state index contributed by atoms with van der Waals surface area (Å²) in [5.41, 5.74) is 3.35. The largest absolute Gasteiger partial charge is 0.324 e. The minimum absolute atomic E-state index is 0.0502. The number of carbonyl (C=O) groups excluding carboxylic acids is 1. The van der Waals surface area contributed by atoms with Crippen LogP contribution in [0.2, 0.25) is 0 Å². The van der Waals surface area contributed by atoms with Crippen molar-refractivity contribution in [1.29, 1.82) is 0 Å². The van der Waals surface area contributed by atoms with Crippen molar-refractivity contribution in [2.24, 2.45) is 0 Å². The second kappa shape index (κ2) is 6.04. The summed E-state index contributed by atoms with van der Waals surface area (Å²) < 4.78 is 1.54. The normalized spacial score (nSPS) is 10.7. The van der Waals surface area contributed by atoms with Gasteiger partial charge < -0.3 is 5.32 Å². The van der Waals surface area contributed by atoms with Gasteiger partial charge in [0.25, 0.3) is 0 Å². The van der Waals surface area contributed by atoms with E-state index in [-0.39, 0.29) is 17.9 Å². The van der Waals surface area contributed by atoms with Crippen LogP contribution in [0.1, 0.15) is 11.1 Å². The van der Waals surface area contributed by atoms with Gasteiger partial charge in [-0.1, -0.05) is 30.3 Å². The summed E-state index contributed by atoms with van der Waals surface area (Å²) >= 11 is 0. The van der Waals surface area contributed by atoms with Crippen LogP contribution in [0.4, 0.5) is 5.69 Å². The summed E-state index contributed by atoms with van der Waals surface area (Å²) in [7, 11) is 0. The molecule has 1 amide bonds. The first kappa shape index (κ1) is 15.0. The lowest BCUT2D eigenvalue weighted by molar-refractivity contribution is -0.116. The number of hydrogen-bond acceptors (Lipinski definition) is 3. The predicted molar refractivity (Wildman–Crippen MR) is 90.5 cm³/mol. The molecule has 0 saturated carbocycles. The van der Waals surface area contributed by atoms with Crippen molar-refractivity contribution in [2.75, 3.05) is 5.32 Å². The number of nitrogens with one attached hydrogen (secondary N) is 1. The average molecular weight is 307 g/mol. The molecule has 3 rings (SSSR count).